The van der Waals surface area contributed by atoms with E-state index < -0.39 is 0 Å². The lowest BCUT2D eigenvalue weighted by atomic mass is 10.0. The molecule has 1 aromatic rings. The molecule has 1 heterocycles. The highest BCUT2D eigenvalue weighted by Crippen LogP contribution is 2.08. The molecule has 1 amide bonds. The molecule has 1 aromatic heterocycles. The Balaban J connectivity index is 2.40. The maximum atomic E-state index is 11.7. The van der Waals surface area contributed by atoms with Crippen molar-refractivity contribution in [1.82, 2.24) is 10.3 Å². The summed E-state index contributed by atoms with van der Waals surface area (Å²) in [6.45, 7) is 4.37. The molecule has 0 aliphatic rings. The number of amides is 1. The first kappa shape index (κ1) is 14.1. The van der Waals surface area contributed by atoms with Crippen molar-refractivity contribution in [3.05, 3.63) is 28.5 Å². The van der Waals surface area contributed by atoms with Gasteiger partial charge < -0.3 is 10.4 Å². The fourth-order valence-electron chi connectivity index (χ4n) is 1.31. The van der Waals surface area contributed by atoms with Crippen LogP contribution < -0.4 is 5.32 Å². The minimum absolute atomic E-state index is 0.149. The second-order valence-corrected chi connectivity index (χ2v) is 5.04. The van der Waals surface area contributed by atoms with Crippen molar-refractivity contribution in [3.63, 3.8) is 0 Å². The van der Waals surface area contributed by atoms with Gasteiger partial charge in [0.1, 0.15) is 4.60 Å². The van der Waals surface area contributed by atoms with Gasteiger partial charge in [0.25, 0.3) is 5.91 Å². The Hall–Kier alpha value is -0.940. The molecule has 4 nitrogen and oxygen atoms in total. The van der Waals surface area contributed by atoms with Gasteiger partial charge in [0.2, 0.25) is 0 Å². The van der Waals surface area contributed by atoms with E-state index in [1.165, 1.54) is 0 Å². The summed E-state index contributed by atoms with van der Waals surface area (Å²) >= 11 is 3.21. The Morgan fingerprint density at radius 2 is 2.29 bits per heavy atom. The smallest absolute Gasteiger partial charge is 0.251 e. The van der Waals surface area contributed by atoms with Gasteiger partial charge in [0, 0.05) is 18.3 Å². The van der Waals surface area contributed by atoms with Crippen LogP contribution in [0.25, 0.3) is 0 Å². The van der Waals surface area contributed by atoms with Crippen molar-refractivity contribution in [3.8, 4) is 0 Å². The fourth-order valence-corrected chi connectivity index (χ4v) is 1.68. The summed E-state index contributed by atoms with van der Waals surface area (Å²) in [5, 5.41) is 12.3. The highest BCUT2D eigenvalue weighted by atomic mass is 79.9. The van der Waals surface area contributed by atoms with Crippen LogP contribution in [0.4, 0.5) is 0 Å². The molecule has 0 radical (unpaired) electrons. The first-order chi connectivity index (χ1) is 8.00. The molecule has 0 aliphatic carbocycles. The van der Waals surface area contributed by atoms with Gasteiger partial charge in [-0.05, 0) is 40.4 Å². The van der Waals surface area contributed by atoms with Crippen molar-refractivity contribution < 1.29 is 9.90 Å². The lowest BCUT2D eigenvalue weighted by molar-refractivity contribution is 0.0920. The second kappa shape index (κ2) is 6.71. The van der Waals surface area contributed by atoms with E-state index in [0.29, 0.717) is 23.1 Å². The predicted octanol–water partition coefficient (Wildman–Crippen LogP) is 1.98. The number of aliphatic hydroxyl groups excluding tert-OH is 1. The van der Waals surface area contributed by atoms with Gasteiger partial charge in [-0.15, -0.1) is 0 Å². The van der Waals surface area contributed by atoms with E-state index in [9.17, 15) is 9.90 Å². The quantitative estimate of drug-likeness (QED) is 0.818. The number of nitrogens with one attached hydrogen (secondary N) is 1. The monoisotopic (exact) mass is 300 g/mol. The third kappa shape index (κ3) is 4.83. The Kier molecular flexibility index (Phi) is 5.58. The molecule has 0 aliphatic heterocycles. The Bertz CT molecular complexity index is 383. The van der Waals surface area contributed by atoms with Gasteiger partial charge in [-0.2, -0.15) is 0 Å². The van der Waals surface area contributed by atoms with Crippen LogP contribution in [0.15, 0.2) is 22.9 Å². The summed E-state index contributed by atoms with van der Waals surface area (Å²) in [6, 6.07) is 3.31. The van der Waals surface area contributed by atoms with Crippen LogP contribution in [-0.2, 0) is 0 Å². The summed E-state index contributed by atoms with van der Waals surface area (Å²) in [7, 11) is 0. The van der Waals surface area contributed by atoms with Gasteiger partial charge in [-0.1, -0.05) is 13.8 Å². The van der Waals surface area contributed by atoms with Crippen LogP contribution in [0.1, 0.15) is 30.6 Å². The largest absolute Gasteiger partial charge is 0.393 e. The molecule has 5 heteroatoms. The third-order valence-electron chi connectivity index (χ3n) is 2.48. The van der Waals surface area contributed by atoms with E-state index >= 15 is 0 Å². The van der Waals surface area contributed by atoms with Crippen molar-refractivity contribution >= 4 is 21.8 Å². The van der Waals surface area contributed by atoms with Crippen molar-refractivity contribution in [1.29, 1.82) is 0 Å². The number of hydrogen-bond donors (Lipinski definition) is 2. The molecule has 0 fully saturated rings. The van der Waals surface area contributed by atoms with Gasteiger partial charge in [0.05, 0.1) is 6.10 Å². The zero-order valence-corrected chi connectivity index (χ0v) is 11.6. The standard InChI is InChI=1S/C12H17BrN2O2/c1-8(2)10(16)4-6-15-12(17)9-3-5-14-11(13)7-9/h3,5,7-8,10,16H,4,6H2,1-2H3,(H,15,17). The van der Waals surface area contributed by atoms with Crippen LogP contribution in [0.2, 0.25) is 0 Å². The molecule has 1 atom stereocenters. The molecule has 0 bridgehead atoms. The van der Waals surface area contributed by atoms with Crippen molar-refractivity contribution in [2.24, 2.45) is 5.92 Å². The van der Waals surface area contributed by atoms with Crippen molar-refractivity contribution in [2.75, 3.05) is 6.54 Å². The molecule has 17 heavy (non-hydrogen) atoms. The fraction of sp³-hybridized carbons (Fsp3) is 0.500. The van der Waals surface area contributed by atoms with Gasteiger partial charge >= 0.3 is 0 Å². The SMILES string of the molecule is CC(C)C(O)CCNC(=O)c1ccnc(Br)c1. The Labute approximate surface area is 110 Å². The number of carbonyl (C=O) groups excluding carboxylic acids is 1. The zero-order valence-electron chi connectivity index (χ0n) is 9.98. The Morgan fingerprint density at radius 3 is 2.88 bits per heavy atom. The van der Waals surface area contributed by atoms with Gasteiger partial charge in [-0.3, -0.25) is 4.79 Å². The molecule has 1 unspecified atom stereocenters. The van der Waals surface area contributed by atoms with Crippen LogP contribution in [-0.4, -0.2) is 28.6 Å². The summed E-state index contributed by atoms with van der Waals surface area (Å²) in [6.07, 6.45) is 1.76. The Morgan fingerprint density at radius 1 is 1.59 bits per heavy atom. The van der Waals surface area contributed by atoms with E-state index in [4.69, 9.17) is 0 Å². The van der Waals surface area contributed by atoms with Crippen LogP contribution in [0, 0.1) is 5.92 Å². The molecule has 94 valence electrons. The molecule has 1 rings (SSSR count). The second-order valence-electron chi connectivity index (χ2n) is 4.22. The van der Waals surface area contributed by atoms with E-state index in [1.54, 1.807) is 18.3 Å². The number of hydrogen-bond acceptors (Lipinski definition) is 3. The maximum absolute atomic E-state index is 11.7. The van der Waals surface area contributed by atoms with Crippen molar-refractivity contribution in [2.45, 2.75) is 26.4 Å². The van der Waals surface area contributed by atoms with E-state index in [-0.39, 0.29) is 17.9 Å². The average Bonchev–Trinajstić information content (AvgIpc) is 2.28. The highest BCUT2D eigenvalue weighted by Gasteiger charge is 2.10. The number of carbonyl (C=O) groups is 1. The molecular formula is C12H17BrN2O2. The number of pyridine rings is 1. The van der Waals surface area contributed by atoms with Crippen LogP contribution >= 0.6 is 15.9 Å². The first-order valence-electron chi connectivity index (χ1n) is 5.58. The van der Waals surface area contributed by atoms with Crippen LogP contribution in [0.5, 0.6) is 0 Å². The van der Waals surface area contributed by atoms with E-state index in [1.807, 2.05) is 13.8 Å². The average molecular weight is 301 g/mol. The van der Waals surface area contributed by atoms with Gasteiger partial charge in [0.15, 0.2) is 0 Å². The number of halogens is 1. The molecule has 0 saturated carbocycles. The topological polar surface area (TPSA) is 62.2 Å². The minimum atomic E-state index is -0.375. The maximum Gasteiger partial charge on any atom is 0.251 e. The lowest BCUT2D eigenvalue weighted by Gasteiger charge is -2.14. The van der Waals surface area contributed by atoms with Gasteiger partial charge in [-0.25, -0.2) is 4.98 Å². The number of aliphatic hydroxyl groups is 1. The molecule has 0 spiro atoms. The number of nitrogens with zero attached hydrogens (tertiary/aromatic N) is 1. The molecule has 0 saturated heterocycles. The third-order valence-corrected chi connectivity index (χ3v) is 2.92. The highest BCUT2D eigenvalue weighted by molar-refractivity contribution is 9.10. The summed E-state index contributed by atoms with van der Waals surface area (Å²) in [4.78, 5) is 15.7. The molecule has 2 N–H and O–H groups in total. The predicted molar refractivity (Wildman–Crippen MR) is 69.7 cm³/mol. The van der Waals surface area contributed by atoms with Crippen LogP contribution in [0.3, 0.4) is 0 Å². The summed E-state index contributed by atoms with van der Waals surface area (Å²) in [5.74, 6) is 0.0611. The zero-order chi connectivity index (χ0) is 12.8. The summed E-state index contributed by atoms with van der Waals surface area (Å²) < 4.78 is 0.632. The number of rotatable bonds is 5. The first-order valence-corrected chi connectivity index (χ1v) is 6.38. The normalized spacial score (nSPS) is 12.5. The molecule has 0 aromatic carbocycles. The molecular weight excluding hydrogens is 284 g/mol. The lowest BCUT2D eigenvalue weighted by Crippen LogP contribution is -2.28. The minimum Gasteiger partial charge on any atom is -0.393 e. The number of aromatic nitrogens is 1. The van der Waals surface area contributed by atoms with E-state index in [2.05, 4.69) is 26.2 Å². The van der Waals surface area contributed by atoms with E-state index in [0.717, 1.165) is 0 Å². The summed E-state index contributed by atoms with van der Waals surface area (Å²) in [5.41, 5.74) is 0.561.